The fourth-order valence-corrected chi connectivity index (χ4v) is 4.57. The monoisotopic (exact) mass is 528 g/mol. The molecule has 1 heterocycles. The molecule has 0 radical (unpaired) electrons. The highest BCUT2D eigenvalue weighted by Crippen LogP contribution is 2.25. The van der Waals surface area contributed by atoms with Gasteiger partial charge in [-0.15, -0.1) is 0 Å². The highest BCUT2D eigenvalue weighted by atomic mass is 19.4. The Balaban J connectivity index is 0.000000505. The number of halogens is 3. The number of methoxy groups -OCH3 is 1. The topological polar surface area (TPSA) is 61.8 Å². The summed E-state index contributed by atoms with van der Waals surface area (Å²) in [6.45, 7) is 5.49. The fraction of sp³-hybridized carbons (Fsp3) is 0.367. The molecule has 204 valence electrons. The van der Waals surface area contributed by atoms with Crippen LogP contribution in [0.2, 0.25) is 0 Å². The van der Waals surface area contributed by atoms with Gasteiger partial charge in [0.05, 0.1) is 7.11 Å². The van der Waals surface area contributed by atoms with Crippen molar-refractivity contribution in [2.45, 2.75) is 31.5 Å². The number of carboxylic acid groups (broad SMARTS) is 1. The van der Waals surface area contributed by atoms with Crippen molar-refractivity contribution in [3.05, 3.63) is 102 Å². The van der Waals surface area contributed by atoms with Gasteiger partial charge in [0.1, 0.15) is 5.75 Å². The Morgan fingerprint density at radius 1 is 0.947 bits per heavy atom. The summed E-state index contributed by atoms with van der Waals surface area (Å²) in [5, 5.41) is 10.9. The standard InChI is InChI=1S/C28H34N2O.C2HF3O2/c1-31-27-14-12-24(13-15-27)22-30-18-16-23(17-19-30)20-29-21-28(25-8-4-2-5-9-25)26-10-6-3-7-11-26;3-2(4,5)1(6)7/h2-15,23,28-29H,16-22H2,1H3;(H,6,7). The maximum Gasteiger partial charge on any atom is 0.490 e. The number of nitrogens with one attached hydrogen (secondary N) is 1. The second-order valence-electron chi connectivity index (χ2n) is 9.40. The normalized spacial score (nSPS) is 14.6. The molecule has 0 saturated carbocycles. The van der Waals surface area contributed by atoms with Crippen LogP contribution in [0.5, 0.6) is 5.75 Å². The van der Waals surface area contributed by atoms with E-state index in [9.17, 15) is 13.2 Å². The van der Waals surface area contributed by atoms with Crippen LogP contribution in [-0.2, 0) is 11.3 Å². The van der Waals surface area contributed by atoms with E-state index in [4.69, 9.17) is 14.6 Å². The van der Waals surface area contributed by atoms with E-state index in [1.165, 1.54) is 42.6 Å². The van der Waals surface area contributed by atoms with E-state index in [1.54, 1.807) is 7.11 Å². The number of hydrogen-bond donors (Lipinski definition) is 2. The van der Waals surface area contributed by atoms with E-state index >= 15 is 0 Å². The lowest BCUT2D eigenvalue weighted by molar-refractivity contribution is -0.192. The van der Waals surface area contributed by atoms with Gasteiger partial charge in [0, 0.05) is 19.0 Å². The number of nitrogens with zero attached hydrogens (tertiary/aromatic N) is 1. The van der Waals surface area contributed by atoms with Crippen molar-refractivity contribution < 1.29 is 27.8 Å². The molecule has 1 saturated heterocycles. The average Bonchev–Trinajstić information content (AvgIpc) is 2.93. The minimum Gasteiger partial charge on any atom is -0.497 e. The summed E-state index contributed by atoms with van der Waals surface area (Å²) in [5.41, 5.74) is 4.14. The number of carbonyl (C=O) groups is 1. The van der Waals surface area contributed by atoms with Crippen molar-refractivity contribution in [2.75, 3.05) is 33.3 Å². The molecule has 38 heavy (non-hydrogen) atoms. The van der Waals surface area contributed by atoms with Gasteiger partial charge in [0.25, 0.3) is 0 Å². The lowest BCUT2D eigenvalue weighted by Crippen LogP contribution is -2.37. The van der Waals surface area contributed by atoms with E-state index in [1.807, 2.05) is 0 Å². The summed E-state index contributed by atoms with van der Waals surface area (Å²) in [6, 6.07) is 30.2. The minimum atomic E-state index is -5.08. The van der Waals surface area contributed by atoms with Gasteiger partial charge in [-0.1, -0.05) is 72.8 Å². The Kier molecular flexibility index (Phi) is 11.2. The number of piperidine rings is 1. The molecule has 1 fully saturated rings. The highest BCUT2D eigenvalue weighted by molar-refractivity contribution is 5.73. The molecule has 0 aromatic heterocycles. The van der Waals surface area contributed by atoms with Gasteiger partial charge in [-0.2, -0.15) is 13.2 Å². The largest absolute Gasteiger partial charge is 0.497 e. The van der Waals surface area contributed by atoms with Crippen LogP contribution in [0.3, 0.4) is 0 Å². The molecule has 0 spiro atoms. The van der Waals surface area contributed by atoms with Crippen molar-refractivity contribution in [1.29, 1.82) is 0 Å². The maximum atomic E-state index is 10.6. The quantitative estimate of drug-likeness (QED) is 0.359. The zero-order chi connectivity index (χ0) is 27.4. The van der Waals surface area contributed by atoms with Crippen LogP contribution >= 0.6 is 0 Å². The van der Waals surface area contributed by atoms with Gasteiger partial charge in [-0.05, 0) is 67.2 Å². The Hall–Kier alpha value is -3.36. The summed E-state index contributed by atoms with van der Waals surface area (Å²) < 4.78 is 37.0. The summed E-state index contributed by atoms with van der Waals surface area (Å²) in [5.74, 6) is -0.665. The molecule has 0 atom stereocenters. The van der Waals surface area contributed by atoms with Gasteiger partial charge >= 0.3 is 12.1 Å². The molecule has 0 aliphatic carbocycles. The van der Waals surface area contributed by atoms with Crippen LogP contribution in [0.1, 0.15) is 35.4 Å². The molecule has 1 aliphatic rings. The van der Waals surface area contributed by atoms with Crippen LogP contribution in [0.15, 0.2) is 84.9 Å². The molecule has 5 nitrogen and oxygen atoms in total. The van der Waals surface area contributed by atoms with E-state index in [0.29, 0.717) is 5.92 Å². The first-order valence-corrected chi connectivity index (χ1v) is 12.7. The predicted octanol–water partition coefficient (Wildman–Crippen LogP) is 5.96. The zero-order valence-corrected chi connectivity index (χ0v) is 21.5. The molecular weight excluding hydrogens is 493 g/mol. The van der Waals surface area contributed by atoms with Gasteiger partial charge < -0.3 is 15.2 Å². The second-order valence-corrected chi connectivity index (χ2v) is 9.40. The summed E-state index contributed by atoms with van der Waals surface area (Å²) in [4.78, 5) is 11.5. The first kappa shape index (κ1) is 29.2. The van der Waals surface area contributed by atoms with Crippen molar-refractivity contribution in [3.8, 4) is 5.75 Å². The fourth-order valence-electron chi connectivity index (χ4n) is 4.57. The Bertz CT molecular complexity index is 1050. The molecule has 1 aliphatic heterocycles. The molecular formula is C30H35F3N2O3. The van der Waals surface area contributed by atoms with Crippen molar-refractivity contribution in [3.63, 3.8) is 0 Å². The number of hydrogen-bond acceptors (Lipinski definition) is 4. The molecule has 0 amide bonds. The lowest BCUT2D eigenvalue weighted by atomic mass is 9.90. The lowest BCUT2D eigenvalue weighted by Gasteiger charge is -2.32. The van der Waals surface area contributed by atoms with Crippen LogP contribution in [0.25, 0.3) is 0 Å². The van der Waals surface area contributed by atoms with Crippen LogP contribution in [0.4, 0.5) is 13.2 Å². The van der Waals surface area contributed by atoms with Crippen LogP contribution < -0.4 is 10.1 Å². The van der Waals surface area contributed by atoms with Crippen molar-refractivity contribution >= 4 is 5.97 Å². The van der Waals surface area contributed by atoms with Gasteiger partial charge in [-0.25, -0.2) is 4.79 Å². The average molecular weight is 529 g/mol. The molecule has 3 aromatic carbocycles. The van der Waals surface area contributed by atoms with Gasteiger partial charge in [0.2, 0.25) is 0 Å². The van der Waals surface area contributed by atoms with Crippen molar-refractivity contribution in [2.24, 2.45) is 5.92 Å². The number of benzene rings is 3. The van der Waals surface area contributed by atoms with E-state index in [2.05, 4.69) is 95.1 Å². The molecule has 8 heteroatoms. The number of alkyl halides is 3. The number of likely N-dealkylation sites (tertiary alicyclic amines) is 1. The number of carboxylic acids is 1. The summed E-state index contributed by atoms with van der Waals surface area (Å²) in [7, 11) is 1.72. The number of aliphatic carboxylic acids is 1. The zero-order valence-electron chi connectivity index (χ0n) is 21.5. The SMILES string of the molecule is COc1ccc(CN2CCC(CNCC(c3ccccc3)c3ccccc3)CC2)cc1.O=C(O)C(F)(F)F. The predicted molar refractivity (Wildman–Crippen MR) is 142 cm³/mol. The Labute approximate surface area is 222 Å². The van der Waals surface area contributed by atoms with Crippen molar-refractivity contribution in [1.82, 2.24) is 10.2 Å². The summed E-state index contributed by atoms with van der Waals surface area (Å²) >= 11 is 0. The third-order valence-electron chi connectivity index (χ3n) is 6.70. The van der Waals surface area contributed by atoms with E-state index < -0.39 is 12.1 Å². The second kappa shape index (κ2) is 14.5. The minimum absolute atomic E-state index is 0.401. The molecule has 3 aromatic rings. The van der Waals surface area contributed by atoms with Crippen LogP contribution in [-0.4, -0.2) is 55.4 Å². The third kappa shape index (κ3) is 9.50. The number of rotatable bonds is 9. The van der Waals surface area contributed by atoms with Gasteiger partial charge in [0.15, 0.2) is 0 Å². The smallest absolute Gasteiger partial charge is 0.490 e. The number of ether oxygens (including phenoxy) is 1. The maximum absolute atomic E-state index is 10.6. The van der Waals surface area contributed by atoms with E-state index in [-0.39, 0.29) is 0 Å². The summed E-state index contributed by atoms with van der Waals surface area (Å²) in [6.07, 6.45) is -2.55. The Morgan fingerprint density at radius 3 is 1.89 bits per heavy atom. The third-order valence-corrected chi connectivity index (χ3v) is 6.70. The molecule has 0 unspecified atom stereocenters. The van der Waals surface area contributed by atoms with Gasteiger partial charge in [-0.3, -0.25) is 4.90 Å². The van der Waals surface area contributed by atoms with Crippen LogP contribution in [0, 0.1) is 5.92 Å². The first-order valence-electron chi connectivity index (χ1n) is 12.7. The Morgan fingerprint density at radius 2 is 1.45 bits per heavy atom. The molecule has 2 N–H and O–H groups in total. The molecule has 0 bridgehead atoms. The highest BCUT2D eigenvalue weighted by Gasteiger charge is 2.38. The molecule has 4 rings (SSSR count). The first-order chi connectivity index (χ1) is 18.3. The van der Waals surface area contributed by atoms with E-state index in [0.717, 1.165) is 31.3 Å².